The van der Waals surface area contributed by atoms with Gasteiger partial charge in [-0.25, -0.2) is 9.97 Å². The fourth-order valence-corrected chi connectivity index (χ4v) is 2.65. The maximum Gasteiger partial charge on any atom is 0.274 e. The van der Waals surface area contributed by atoms with Crippen molar-refractivity contribution in [3.8, 4) is 17.2 Å². The van der Waals surface area contributed by atoms with Gasteiger partial charge in [-0.05, 0) is 49.4 Å². The zero-order valence-electron chi connectivity index (χ0n) is 15.1. The first kappa shape index (κ1) is 17.6. The lowest BCUT2D eigenvalue weighted by molar-refractivity contribution is 0.102. The van der Waals surface area contributed by atoms with Gasteiger partial charge in [0.1, 0.15) is 11.4 Å². The molecule has 8 heteroatoms. The van der Waals surface area contributed by atoms with Gasteiger partial charge in [-0.2, -0.15) is 0 Å². The van der Waals surface area contributed by atoms with Crippen molar-refractivity contribution in [1.82, 2.24) is 9.97 Å². The van der Waals surface area contributed by atoms with Crippen LogP contribution < -0.4 is 24.8 Å². The highest BCUT2D eigenvalue weighted by Crippen LogP contribution is 2.34. The third-order valence-corrected chi connectivity index (χ3v) is 3.94. The van der Waals surface area contributed by atoms with E-state index in [4.69, 9.17) is 14.2 Å². The second-order valence-electron chi connectivity index (χ2n) is 5.87. The van der Waals surface area contributed by atoms with E-state index in [1.165, 1.54) is 6.20 Å². The van der Waals surface area contributed by atoms with Gasteiger partial charge in [0.05, 0.1) is 6.61 Å². The first-order valence-corrected chi connectivity index (χ1v) is 8.75. The van der Waals surface area contributed by atoms with Crippen molar-refractivity contribution in [1.29, 1.82) is 0 Å². The van der Waals surface area contributed by atoms with E-state index >= 15 is 0 Å². The van der Waals surface area contributed by atoms with Crippen molar-refractivity contribution in [3.05, 3.63) is 60.4 Å². The van der Waals surface area contributed by atoms with Crippen molar-refractivity contribution >= 4 is 23.2 Å². The van der Waals surface area contributed by atoms with Crippen molar-refractivity contribution < 1.29 is 19.0 Å². The molecule has 0 aliphatic carbocycles. The molecule has 2 heterocycles. The van der Waals surface area contributed by atoms with Crippen molar-refractivity contribution in [2.75, 3.05) is 24.0 Å². The number of benzene rings is 2. The molecule has 1 amide bonds. The van der Waals surface area contributed by atoms with Gasteiger partial charge in [-0.1, -0.05) is 0 Å². The normalized spacial score (nSPS) is 11.8. The van der Waals surface area contributed by atoms with E-state index in [0.717, 1.165) is 11.4 Å². The van der Waals surface area contributed by atoms with Crippen LogP contribution in [0.15, 0.2) is 54.7 Å². The average molecular weight is 378 g/mol. The Morgan fingerprint density at radius 1 is 1.07 bits per heavy atom. The first-order valence-electron chi connectivity index (χ1n) is 8.75. The number of ether oxygens (including phenoxy) is 3. The molecule has 0 unspecified atom stereocenters. The molecule has 0 atom stereocenters. The molecular formula is C20H18N4O4. The summed E-state index contributed by atoms with van der Waals surface area (Å²) in [5.74, 6) is 2.06. The van der Waals surface area contributed by atoms with Crippen LogP contribution in [0.3, 0.4) is 0 Å². The lowest BCUT2D eigenvalue weighted by Gasteiger charge is -2.09. The third kappa shape index (κ3) is 3.96. The Morgan fingerprint density at radius 2 is 1.86 bits per heavy atom. The fourth-order valence-electron chi connectivity index (χ4n) is 2.65. The lowest BCUT2D eigenvalue weighted by atomic mass is 10.3. The summed E-state index contributed by atoms with van der Waals surface area (Å²) in [6.07, 6.45) is 1.52. The van der Waals surface area contributed by atoms with E-state index in [-0.39, 0.29) is 18.4 Å². The zero-order chi connectivity index (χ0) is 19.3. The summed E-state index contributed by atoms with van der Waals surface area (Å²) in [5.41, 5.74) is 1.62. The number of nitrogens with one attached hydrogen (secondary N) is 2. The molecular weight excluding hydrogens is 360 g/mol. The van der Waals surface area contributed by atoms with E-state index in [0.29, 0.717) is 29.7 Å². The molecule has 8 nitrogen and oxygen atoms in total. The molecule has 2 aromatic carbocycles. The summed E-state index contributed by atoms with van der Waals surface area (Å²) in [5, 5.41) is 5.86. The topological polar surface area (TPSA) is 94.6 Å². The zero-order valence-corrected chi connectivity index (χ0v) is 15.1. The van der Waals surface area contributed by atoms with Gasteiger partial charge in [0.25, 0.3) is 5.91 Å². The van der Waals surface area contributed by atoms with E-state index in [1.807, 2.05) is 13.0 Å². The summed E-state index contributed by atoms with van der Waals surface area (Å²) in [6.45, 7) is 2.71. The number of anilines is 3. The summed E-state index contributed by atoms with van der Waals surface area (Å²) < 4.78 is 16.0. The van der Waals surface area contributed by atoms with Crippen LogP contribution in [0.5, 0.6) is 17.2 Å². The highest BCUT2D eigenvalue weighted by atomic mass is 16.7. The summed E-state index contributed by atoms with van der Waals surface area (Å²) in [4.78, 5) is 20.9. The molecule has 1 aliphatic rings. The highest BCUT2D eigenvalue weighted by molar-refractivity contribution is 6.03. The van der Waals surface area contributed by atoms with Crippen molar-refractivity contribution in [2.24, 2.45) is 0 Å². The Labute approximate surface area is 161 Å². The van der Waals surface area contributed by atoms with E-state index in [1.54, 1.807) is 42.5 Å². The highest BCUT2D eigenvalue weighted by Gasteiger charge is 2.14. The molecule has 0 bridgehead atoms. The molecule has 3 aromatic rings. The van der Waals surface area contributed by atoms with Gasteiger partial charge in [-0.15, -0.1) is 0 Å². The average Bonchev–Trinajstić information content (AvgIpc) is 3.18. The number of nitrogens with zero attached hydrogens (tertiary/aromatic N) is 2. The SMILES string of the molecule is CCOc1ccc(NC(=O)c2ccnc(Nc3ccc4c(c3)OCO4)n2)cc1. The molecule has 0 saturated heterocycles. The third-order valence-electron chi connectivity index (χ3n) is 3.94. The van der Waals surface area contributed by atoms with Crippen LogP contribution in [0.2, 0.25) is 0 Å². The minimum absolute atomic E-state index is 0.205. The van der Waals surface area contributed by atoms with Gasteiger partial charge in [0.15, 0.2) is 11.5 Å². The van der Waals surface area contributed by atoms with Crippen LogP contribution in [-0.4, -0.2) is 29.3 Å². The van der Waals surface area contributed by atoms with E-state index < -0.39 is 0 Å². The molecule has 0 radical (unpaired) electrons. The van der Waals surface area contributed by atoms with Crippen molar-refractivity contribution in [2.45, 2.75) is 6.92 Å². The van der Waals surface area contributed by atoms with Gasteiger partial charge in [0.2, 0.25) is 12.7 Å². The standard InChI is InChI=1S/C20H18N4O4/c1-2-26-15-6-3-13(4-7-15)22-19(25)16-9-10-21-20(24-16)23-14-5-8-17-18(11-14)28-12-27-17/h3-11H,2,12H2,1H3,(H,22,25)(H,21,23,24). The minimum Gasteiger partial charge on any atom is -0.494 e. The molecule has 0 saturated carbocycles. The smallest absolute Gasteiger partial charge is 0.274 e. The van der Waals surface area contributed by atoms with E-state index in [9.17, 15) is 4.79 Å². The molecule has 28 heavy (non-hydrogen) atoms. The molecule has 142 valence electrons. The molecule has 1 aromatic heterocycles. The van der Waals surface area contributed by atoms with Gasteiger partial charge >= 0.3 is 0 Å². The van der Waals surface area contributed by atoms with Crippen LogP contribution in [0, 0.1) is 0 Å². The number of aromatic nitrogens is 2. The second-order valence-corrected chi connectivity index (χ2v) is 5.87. The Kier molecular flexibility index (Phi) is 4.92. The molecule has 1 aliphatic heterocycles. The summed E-state index contributed by atoms with van der Waals surface area (Å²) in [6, 6.07) is 14.1. The lowest BCUT2D eigenvalue weighted by Crippen LogP contribution is -2.14. The maximum atomic E-state index is 12.5. The van der Waals surface area contributed by atoms with Crippen molar-refractivity contribution in [3.63, 3.8) is 0 Å². The first-order chi connectivity index (χ1) is 13.7. The van der Waals surface area contributed by atoms with Gasteiger partial charge < -0.3 is 24.8 Å². The number of hydrogen-bond acceptors (Lipinski definition) is 7. The van der Waals surface area contributed by atoms with Gasteiger partial charge in [-0.3, -0.25) is 4.79 Å². The van der Waals surface area contributed by atoms with Gasteiger partial charge in [0, 0.05) is 23.6 Å². The monoisotopic (exact) mass is 378 g/mol. The number of carbonyl (C=O) groups is 1. The quantitative estimate of drug-likeness (QED) is 0.677. The fraction of sp³-hybridized carbons (Fsp3) is 0.150. The maximum absolute atomic E-state index is 12.5. The predicted octanol–water partition coefficient (Wildman–Crippen LogP) is 3.60. The molecule has 4 rings (SSSR count). The summed E-state index contributed by atoms with van der Waals surface area (Å²) >= 11 is 0. The predicted molar refractivity (Wildman–Crippen MR) is 103 cm³/mol. The minimum atomic E-state index is -0.333. The van der Waals surface area contributed by atoms with E-state index in [2.05, 4.69) is 20.6 Å². The number of amides is 1. The van der Waals surface area contributed by atoms with Crippen LogP contribution in [-0.2, 0) is 0 Å². The Morgan fingerprint density at radius 3 is 2.68 bits per heavy atom. The Hall–Kier alpha value is -3.81. The van der Waals surface area contributed by atoms with Crippen LogP contribution in [0.4, 0.5) is 17.3 Å². The molecule has 0 spiro atoms. The summed E-state index contributed by atoms with van der Waals surface area (Å²) in [7, 11) is 0. The Bertz CT molecular complexity index is 992. The molecule has 0 fully saturated rings. The Balaban J connectivity index is 1.44. The number of hydrogen-bond donors (Lipinski definition) is 2. The second kappa shape index (κ2) is 7.83. The van der Waals surface area contributed by atoms with Crippen LogP contribution >= 0.6 is 0 Å². The molecule has 2 N–H and O–H groups in total. The largest absolute Gasteiger partial charge is 0.494 e. The van der Waals surface area contributed by atoms with Crippen LogP contribution in [0.1, 0.15) is 17.4 Å². The number of fused-ring (bicyclic) bond motifs is 1. The van der Waals surface area contributed by atoms with Crippen LogP contribution in [0.25, 0.3) is 0 Å². The number of carbonyl (C=O) groups excluding carboxylic acids is 1. The number of rotatable bonds is 6.